The van der Waals surface area contributed by atoms with E-state index in [4.69, 9.17) is 5.73 Å². The summed E-state index contributed by atoms with van der Waals surface area (Å²) in [6.07, 6.45) is 1.73. The third-order valence-electron chi connectivity index (χ3n) is 1.80. The lowest BCUT2D eigenvalue weighted by Gasteiger charge is -2.02. The molecule has 4 heteroatoms. The lowest BCUT2D eigenvalue weighted by molar-refractivity contribution is 1.18. The van der Waals surface area contributed by atoms with Gasteiger partial charge in [0.05, 0.1) is 15.7 Å². The van der Waals surface area contributed by atoms with E-state index in [1.54, 1.807) is 6.20 Å². The van der Waals surface area contributed by atoms with Gasteiger partial charge in [0, 0.05) is 11.9 Å². The second-order valence-corrected chi connectivity index (χ2v) is 3.64. The highest BCUT2D eigenvalue weighted by atomic mass is 79.9. The molecule has 66 valence electrons. The highest BCUT2D eigenvalue weighted by molar-refractivity contribution is 9.10. The number of fused-ring (bicyclic) bond motifs is 1. The molecule has 0 aliphatic rings. The monoisotopic (exact) mass is 237 g/mol. The maximum Gasteiger partial charge on any atom is 0.105 e. The first-order valence-electron chi connectivity index (χ1n) is 3.86. The summed E-state index contributed by atoms with van der Waals surface area (Å²) < 4.78 is 0.817. The Bertz CT molecular complexity index is 468. The van der Waals surface area contributed by atoms with E-state index in [1.165, 1.54) is 0 Å². The Morgan fingerprint density at radius 1 is 1.38 bits per heavy atom. The Morgan fingerprint density at radius 2 is 2.15 bits per heavy atom. The molecule has 2 rings (SSSR count). The molecule has 0 spiro atoms. The van der Waals surface area contributed by atoms with Crippen LogP contribution in [0.1, 0.15) is 5.69 Å². The van der Waals surface area contributed by atoms with Crippen LogP contribution < -0.4 is 5.73 Å². The Balaban J connectivity index is 2.87. The molecule has 0 saturated heterocycles. The van der Waals surface area contributed by atoms with E-state index in [9.17, 15) is 0 Å². The van der Waals surface area contributed by atoms with Crippen molar-refractivity contribution in [3.8, 4) is 0 Å². The smallest absolute Gasteiger partial charge is 0.105 e. The van der Waals surface area contributed by atoms with Crippen molar-refractivity contribution in [3.05, 3.63) is 28.5 Å². The van der Waals surface area contributed by atoms with E-state index in [0.29, 0.717) is 5.69 Å². The lowest BCUT2D eigenvalue weighted by atomic mass is 10.2. The van der Waals surface area contributed by atoms with Gasteiger partial charge in [-0.25, -0.2) is 4.98 Å². The van der Waals surface area contributed by atoms with E-state index in [2.05, 4.69) is 25.9 Å². The van der Waals surface area contributed by atoms with E-state index in [-0.39, 0.29) is 0 Å². The van der Waals surface area contributed by atoms with Crippen molar-refractivity contribution in [2.45, 2.75) is 6.92 Å². The number of nitrogens with two attached hydrogens (primary N) is 1. The summed E-state index contributed by atoms with van der Waals surface area (Å²) >= 11 is 3.38. The Kier molecular flexibility index (Phi) is 1.92. The molecule has 0 aliphatic heterocycles. The van der Waals surface area contributed by atoms with Crippen LogP contribution in [0.2, 0.25) is 0 Å². The molecular weight excluding hydrogens is 230 g/mol. The summed E-state index contributed by atoms with van der Waals surface area (Å²) in [6.45, 7) is 1.91. The fraction of sp³-hybridized carbons (Fsp3) is 0.111. The molecule has 1 heterocycles. The molecule has 0 bridgehead atoms. The van der Waals surface area contributed by atoms with Crippen molar-refractivity contribution in [1.82, 2.24) is 9.97 Å². The van der Waals surface area contributed by atoms with Crippen LogP contribution in [-0.2, 0) is 0 Å². The molecule has 0 radical (unpaired) electrons. The summed E-state index contributed by atoms with van der Waals surface area (Å²) in [6, 6.07) is 3.69. The maximum atomic E-state index is 5.71. The minimum Gasteiger partial charge on any atom is -0.398 e. The number of aromatic nitrogens is 2. The zero-order chi connectivity index (χ0) is 9.42. The normalized spacial score (nSPS) is 10.6. The topological polar surface area (TPSA) is 51.8 Å². The van der Waals surface area contributed by atoms with E-state index in [0.717, 1.165) is 21.2 Å². The predicted molar refractivity (Wildman–Crippen MR) is 56.4 cm³/mol. The molecule has 1 aromatic carbocycles. The van der Waals surface area contributed by atoms with E-state index in [1.807, 2.05) is 19.1 Å². The largest absolute Gasteiger partial charge is 0.398 e. The second-order valence-electron chi connectivity index (χ2n) is 2.85. The van der Waals surface area contributed by atoms with Gasteiger partial charge in [0.2, 0.25) is 0 Å². The van der Waals surface area contributed by atoms with Crippen LogP contribution in [0.4, 0.5) is 5.69 Å². The zero-order valence-corrected chi connectivity index (χ0v) is 8.67. The third kappa shape index (κ3) is 1.37. The number of hydrogen-bond donors (Lipinski definition) is 1. The van der Waals surface area contributed by atoms with Gasteiger partial charge in [-0.1, -0.05) is 0 Å². The Morgan fingerprint density at radius 3 is 2.92 bits per heavy atom. The van der Waals surface area contributed by atoms with Crippen molar-refractivity contribution in [1.29, 1.82) is 0 Å². The number of nitrogens with zero attached hydrogens (tertiary/aromatic N) is 2. The molecular formula is C9H8BrN3. The zero-order valence-electron chi connectivity index (χ0n) is 7.08. The van der Waals surface area contributed by atoms with Gasteiger partial charge in [0.25, 0.3) is 0 Å². The lowest BCUT2D eigenvalue weighted by Crippen LogP contribution is -1.92. The molecule has 0 saturated carbocycles. The first kappa shape index (κ1) is 8.44. The summed E-state index contributed by atoms with van der Waals surface area (Å²) in [5.41, 5.74) is 8.97. The first-order valence-corrected chi connectivity index (χ1v) is 4.65. The molecule has 2 aromatic rings. The number of anilines is 1. The number of nitrogen functional groups attached to an aromatic ring is 1. The van der Waals surface area contributed by atoms with Crippen LogP contribution in [0.5, 0.6) is 0 Å². The van der Waals surface area contributed by atoms with Gasteiger partial charge in [-0.15, -0.1) is 0 Å². The molecule has 2 N–H and O–H groups in total. The van der Waals surface area contributed by atoms with E-state index >= 15 is 0 Å². The fourth-order valence-electron chi connectivity index (χ4n) is 1.16. The number of halogens is 1. The number of benzene rings is 1. The second kappa shape index (κ2) is 2.96. The summed E-state index contributed by atoms with van der Waals surface area (Å²) in [7, 11) is 0. The van der Waals surface area contributed by atoms with Crippen molar-refractivity contribution in [2.75, 3.05) is 5.73 Å². The van der Waals surface area contributed by atoms with Crippen LogP contribution in [0.25, 0.3) is 11.0 Å². The molecule has 1 aromatic heterocycles. The third-order valence-corrected chi connectivity index (χ3v) is 2.64. The summed E-state index contributed by atoms with van der Waals surface area (Å²) in [5, 5.41) is 0. The van der Waals surface area contributed by atoms with Crippen LogP contribution in [0.3, 0.4) is 0 Å². The standard InChI is InChI=1S/C9H8BrN3/c1-5-4-12-9-7(13-5)3-2-6(11)8(9)10/h2-4H,11H2,1H3. The predicted octanol–water partition coefficient (Wildman–Crippen LogP) is 2.28. The van der Waals surface area contributed by atoms with Crippen molar-refractivity contribution in [2.24, 2.45) is 0 Å². The number of hydrogen-bond acceptors (Lipinski definition) is 3. The van der Waals surface area contributed by atoms with Gasteiger partial charge in [0.1, 0.15) is 5.52 Å². The van der Waals surface area contributed by atoms with Gasteiger partial charge in [-0.2, -0.15) is 0 Å². The highest BCUT2D eigenvalue weighted by Gasteiger charge is 2.04. The molecule has 13 heavy (non-hydrogen) atoms. The molecule has 0 fully saturated rings. The van der Waals surface area contributed by atoms with Gasteiger partial charge >= 0.3 is 0 Å². The highest BCUT2D eigenvalue weighted by Crippen LogP contribution is 2.26. The minimum atomic E-state index is 0.686. The fourth-order valence-corrected chi connectivity index (χ4v) is 1.60. The minimum absolute atomic E-state index is 0.686. The SMILES string of the molecule is Cc1cnc2c(Br)c(N)ccc2n1. The molecule has 0 amide bonds. The maximum absolute atomic E-state index is 5.71. The number of rotatable bonds is 0. The van der Waals surface area contributed by atoms with Crippen LogP contribution in [0.15, 0.2) is 22.8 Å². The van der Waals surface area contributed by atoms with Gasteiger partial charge in [-0.05, 0) is 35.0 Å². The quantitative estimate of drug-likeness (QED) is 0.716. The Labute approximate surface area is 84.1 Å². The molecule has 0 atom stereocenters. The van der Waals surface area contributed by atoms with Crippen LogP contribution >= 0.6 is 15.9 Å². The molecule has 0 aliphatic carbocycles. The first-order chi connectivity index (χ1) is 6.18. The average molecular weight is 238 g/mol. The van der Waals surface area contributed by atoms with E-state index < -0.39 is 0 Å². The van der Waals surface area contributed by atoms with Crippen LogP contribution in [0, 0.1) is 6.92 Å². The van der Waals surface area contributed by atoms with Crippen LogP contribution in [-0.4, -0.2) is 9.97 Å². The van der Waals surface area contributed by atoms with Gasteiger partial charge < -0.3 is 5.73 Å². The van der Waals surface area contributed by atoms with Crippen molar-refractivity contribution < 1.29 is 0 Å². The number of aryl methyl sites for hydroxylation is 1. The summed E-state index contributed by atoms with van der Waals surface area (Å²) in [5.74, 6) is 0. The average Bonchev–Trinajstić information content (AvgIpc) is 2.12. The molecule has 3 nitrogen and oxygen atoms in total. The molecule has 0 unspecified atom stereocenters. The van der Waals surface area contributed by atoms with Gasteiger partial charge in [0.15, 0.2) is 0 Å². The van der Waals surface area contributed by atoms with Crippen molar-refractivity contribution >= 4 is 32.7 Å². The Hall–Kier alpha value is -1.16. The van der Waals surface area contributed by atoms with Crippen molar-refractivity contribution in [3.63, 3.8) is 0 Å². The van der Waals surface area contributed by atoms with Gasteiger partial charge in [-0.3, -0.25) is 4.98 Å². The summed E-state index contributed by atoms with van der Waals surface area (Å²) in [4.78, 5) is 8.58.